The number of aliphatic hydroxyl groups excluding tert-OH is 2. The van der Waals surface area contributed by atoms with Crippen LogP contribution in [-0.4, -0.2) is 34.9 Å². The van der Waals surface area contributed by atoms with Crippen molar-refractivity contribution < 1.29 is 15.0 Å². The van der Waals surface area contributed by atoms with Crippen LogP contribution >= 0.6 is 0 Å². The van der Waals surface area contributed by atoms with E-state index in [2.05, 4.69) is 48.7 Å². The molecule has 0 spiro atoms. The highest BCUT2D eigenvalue weighted by Gasteiger charge is 2.17. The van der Waals surface area contributed by atoms with Crippen LogP contribution in [0.15, 0.2) is 48.6 Å². The first-order chi connectivity index (χ1) is 26.7. The Bertz CT molecular complexity index is 862. The Morgan fingerprint density at radius 3 is 1.19 bits per heavy atom. The Morgan fingerprint density at radius 1 is 0.463 bits per heavy atom. The zero-order valence-corrected chi connectivity index (χ0v) is 36.2. The van der Waals surface area contributed by atoms with Crippen LogP contribution < -0.4 is 5.32 Å². The van der Waals surface area contributed by atoms with Crippen LogP contribution in [0.25, 0.3) is 0 Å². The number of rotatable bonds is 43. The molecule has 0 radical (unpaired) electrons. The van der Waals surface area contributed by atoms with Gasteiger partial charge >= 0.3 is 0 Å². The van der Waals surface area contributed by atoms with E-state index in [9.17, 15) is 15.0 Å². The summed E-state index contributed by atoms with van der Waals surface area (Å²) in [4.78, 5) is 12.3. The number of allylic oxidation sites excluding steroid dienone is 7. The van der Waals surface area contributed by atoms with Crippen LogP contribution in [0.1, 0.15) is 245 Å². The zero-order chi connectivity index (χ0) is 39.3. The standard InChI is InChI=1S/C50H93NO3/c1-3-5-7-9-11-13-14-15-16-17-18-19-20-21-22-23-24-25-26-27-28-29-30-31-32-33-34-35-36-38-40-42-44-46-50(54)51-48(47-52)49(53)45-43-41-39-37-12-10-8-6-4-2/h4,6,12,17-18,37,43,45,48-49,52-53H,3,5,7-11,13-16,19-36,38-42,44,46-47H2,1-2H3,(H,51,54)/b6-4+,18-17-,37-12+,45-43+. The van der Waals surface area contributed by atoms with Crippen molar-refractivity contribution >= 4 is 5.91 Å². The molecule has 316 valence electrons. The molecular weight excluding hydrogens is 663 g/mol. The number of hydrogen-bond acceptors (Lipinski definition) is 3. The van der Waals surface area contributed by atoms with E-state index in [1.165, 1.54) is 186 Å². The largest absolute Gasteiger partial charge is 0.394 e. The van der Waals surface area contributed by atoms with Gasteiger partial charge in [-0.3, -0.25) is 4.79 Å². The Kier molecular flexibility index (Phi) is 44.3. The smallest absolute Gasteiger partial charge is 0.220 e. The predicted octanol–water partition coefficient (Wildman–Crippen LogP) is 15.1. The highest BCUT2D eigenvalue weighted by atomic mass is 16.3. The van der Waals surface area contributed by atoms with Gasteiger partial charge in [0.2, 0.25) is 5.91 Å². The van der Waals surface area contributed by atoms with Crippen LogP contribution in [0.3, 0.4) is 0 Å². The molecule has 0 saturated heterocycles. The van der Waals surface area contributed by atoms with Gasteiger partial charge in [0.1, 0.15) is 0 Å². The van der Waals surface area contributed by atoms with Crippen LogP contribution in [0, 0.1) is 0 Å². The molecular formula is C50H93NO3. The van der Waals surface area contributed by atoms with Crippen molar-refractivity contribution in [2.45, 2.75) is 257 Å². The van der Waals surface area contributed by atoms with Crippen molar-refractivity contribution in [3.05, 3.63) is 48.6 Å². The fourth-order valence-corrected chi connectivity index (χ4v) is 7.21. The average Bonchev–Trinajstić information content (AvgIpc) is 3.18. The Balaban J connectivity index is 3.39. The molecule has 0 aromatic rings. The summed E-state index contributed by atoms with van der Waals surface area (Å²) in [7, 11) is 0. The van der Waals surface area contributed by atoms with Crippen LogP contribution in [-0.2, 0) is 4.79 Å². The van der Waals surface area contributed by atoms with Crippen molar-refractivity contribution in [2.75, 3.05) is 6.61 Å². The summed E-state index contributed by atoms with van der Waals surface area (Å²) in [6, 6.07) is -0.642. The number of hydrogen-bond donors (Lipinski definition) is 3. The Labute approximate surface area is 337 Å². The average molecular weight is 756 g/mol. The van der Waals surface area contributed by atoms with E-state index >= 15 is 0 Å². The number of nitrogens with one attached hydrogen (secondary N) is 1. The van der Waals surface area contributed by atoms with Crippen molar-refractivity contribution in [1.82, 2.24) is 5.32 Å². The minimum absolute atomic E-state index is 0.0790. The molecule has 2 atom stereocenters. The summed E-state index contributed by atoms with van der Waals surface area (Å²) in [6.45, 7) is 4.07. The van der Waals surface area contributed by atoms with E-state index in [1.54, 1.807) is 6.08 Å². The number of aliphatic hydroxyl groups is 2. The van der Waals surface area contributed by atoms with E-state index in [0.717, 1.165) is 38.5 Å². The molecule has 4 nitrogen and oxygen atoms in total. The van der Waals surface area contributed by atoms with Gasteiger partial charge in [-0.15, -0.1) is 0 Å². The van der Waals surface area contributed by atoms with Gasteiger partial charge in [0.15, 0.2) is 0 Å². The molecule has 0 aliphatic heterocycles. The number of unbranched alkanes of at least 4 members (excludes halogenated alkanes) is 31. The van der Waals surface area contributed by atoms with Gasteiger partial charge in [-0.05, 0) is 64.7 Å². The molecule has 0 rings (SSSR count). The highest BCUT2D eigenvalue weighted by Crippen LogP contribution is 2.16. The normalized spacial score (nSPS) is 13.3. The van der Waals surface area contributed by atoms with Gasteiger partial charge in [0.05, 0.1) is 18.8 Å². The summed E-state index contributed by atoms with van der Waals surface area (Å²) < 4.78 is 0. The molecule has 0 aromatic carbocycles. The van der Waals surface area contributed by atoms with E-state index in [-0.39, 0.29) is 12.5 Å². The number of amides is 1. The van der Waals surface area contributed by atoms with Gasteiger partial charge in [-0.2, -0.15) is 0 Å². The van der Waals surface area contributed by atoms with Crippen molar-refractivity contribution in [2.24, 2.45) is 0 Å². The maximum absolute atomic E-state index is 12.3. The topological polar surface area (TPSA) is 69.6 Å². The van der Waals surface area contributed by atoms with E-state index in [0.29, 0.717) is 6.42 Å². The SMILES string of the molecule is C/C=C/CC/C=C/CC/C=C/C(O)C(CO)NC(=O)CCCCCCCCCCCCCCCCCCCCCCC/C=C\CCCCCCCCCC. The Hall–Kier alpha value is -1.65. The first-order valence-electron chi connectivity index (χ1n) is 23.8. The van der Waals surface area contributed by atoms with Crippen LogP contribution in [0.4, 0.5) is 0 Å². The minimum Gasteiger partial charge on any atom is -0.394 e. The third-order valence-electron chi connectivity index (χ3n) is 10.9. The molecule has 0 aromatic heterocycles. The fourth-order valence-electron chi connectivity index (χ4n) is 7.21. The van der Waals surface area contributed by atoms with Crippen molar-refractivity contribution in [3.8, 4) is 0 Å². The van der Waals surface area contributed by atoms with E-state index in [4.69, 9.17) is 0 Å². The summed E-state index contributed by atoms with van der Waals surface area (Å²) >= 11 is 0. The molecule has 1 amide bonds. The lowest BCUT2D eigenvalue weighted by Crippen LogP contribution is -2.45. The predicted molar refractivity (Wildman–Crippen MR) is 239 cm³/mol. The summed E-state index contributed by atoms with van der Waals surface area (Å²) in [6.07, 6.45) is 62.8. The molecule has 0 heterocycles. The molecule has 0 fully saturated rings. The Morgan fingerprint density at radius 2 is 0.796 bits per heavy atom. The lowest BCUT2D eigenvalue weighted by molar-refractivity contribution is -0.123. The van der Waals surface area contributed by atoms with Crippen molar-refractivity contribution in [3.63, 3.8) is 0 Å². The molecule has 3 N–H and O–H groups in total. The first-order valence-corrected chi connectivity index (χ1v) is 23.8. The van der Waals surface area contributed by atoms with Crippen LogP contribution in [0.2, 0.25) is 0 Å². The second-order valence-corrected chi connectivity index (χ2v) is 16.2. The van der Waals surface area contributed by atoms with E-state index in [1.807, 2.05) is 13.0 Å². The van der Waals surface area contributed by atoms with Gasteiger partial charge in [0, 0.05) is 6.42 Å². The quantitative estimate of drug-likeness (QED) is 0.0429. The second kappa shape index (κ2) is 45.7. The van der Waals surface area contributed by atoms with Gasteiger partial charge in [-0.25, -0.2) is 0 Å². The summed E-state index contributed by atoms with van der Waals surface area (Å²) in [5.41, 5.74) is 0. The third kappa shape index (κ3) is 41.5. The molecule has 0 aliphatic rings. The number of carbonyl (C=O) groups is 1. The third-order valence-corrected chi connectivity index (χ3v) is 10.9. The number of carbonyl (C=O) groups excluding carboxylic acids is 1. The maximum atomic E-state index is 12.3. The first kappa shape index (κ1) is 52.3. The molecule has 54 heavy (non-hydrogen) atoms. The van der Waals surface area contributed by atoms with Crippen molar-refractivity contribution in [1.29, 1.82) is 0 Å². The summed E-state index contributed by atoms with van der Waals surface area (Å²) in [5.74, 6) is -0.0790. The molecule has 4 heteroatoms. The molecule has 0 aliphatic carbocycles. The highest BCUT2D eigenvalue weighted by molar-refractivity contribution is 5.76. The molecule has 0 saturated carbocycles. The lowest BCUT2D eigenvalue weighted by atomic mass is 10.0. The lowest BCUT2D eigenvalue weighted by Gasteiger charge is -2.19. The fraction of sp³-hybridized carbons (Fsp3) is 0.820. The molecule has 2 unspecified atom stereocenters. The second-order valence-electron chi connectivity index (χ2n) is 16.2. The van der Waals surface area contributed by atoms with Gasteiger partial charge < -0.3 is 15.5 Å². The summed E-state index contributed by atoms with van der Waals surface area (Å²) in [5, 5.41) is 22.8. The maximum Gasteiger partial charge on any atom is 0.220 e. The van der Waals surface area contributed by atoms with Crippen LogP contribution in [0.5, 0.6) is 0 Å². The van der Waals surface area contributed by atoms with Gasteiger partial charge in [-0.1, -0.05) is 222 Å². The van der Waals surface area contributed by atoms with E-state index < -0.39 is 12.1 Å². The minimum atomic E-state index is -0.866. The monoisotopic (exact) mass is 756 g/mol. The van der Waals surface area contributed by atoms with Gasteiger partial charge in [0.25, 0.3) is 0 Å². The molecule has 0 bridgehead atoms. The zero-order valence-electron chi connectivity index (χ0n) is 36.2.